The number of carbonyl (C=O) groups is 1. The van der Waals surface area contributed by atoms with Gasteiger partial charge in [-0.25, -0.2) is 4.79 Å². The van der Waals surface area contributed by atoms with Crippen LogP contribution in [0.1, 0.15) is 0 Å². The lowest BCUT2D eigenvalue weighted by molar-refractivity contribution is -0.136. The van der Waals surface area contributed by atoms with Crippen LogP contribution in [-0.4, -0.2) is 17.1 Å². The van der Waals surface area contributed by atoms with Gasteiger partial charge in [-0.2, -0.15) is 0 Å². The summed E-state index contributed by atoms with van der Waals surface area (Å²) in [6.45, 7) is 0. The van der Waals surface area contributed by atoms with Crippen molar-refractivity contribution in [1.82, 2.24) is 0 Å². The number of hydrogen-bond donors (Lipinski definition) is 1. The fourth-order valence-corrected chi connectivity index (χ4v) is 1.44. The predicted molar refractivity (Wildman–Crippen MR) is 48.1 cm³/mol. The van der Waals surface area contributed by atoms with Crippen LogP contribution >= 0.6 is 11.6 Å². The quantitative estimate of drug-likeness (QED) is 0.697. The minimum atomic E-state index is -0.938. The van der Waals surface area contributed by atoms with Crippen LogP contribution in [0.4, 0.5) is 0 Å². The first-order chi connectivity index (χ1) is 6.16. The Hall–Kier alpha value is -1.35. The third-order valence-electron chi connectivity index (χ3n) is 1.86. The van der Waals surface area contributed by atoms with E-state index in [1.807, 2.05) is 0 Å². The molecule has 2 rings (SSSR count). The molecule has 0 unspecified atom stereocenters. The normalized spacial score (nSPS) is 18.7. The van der Waals surface area contributed by atoms with Crippen molar-refractivity contribution < 1.29 is 9.90 Å². The number of rotatable bonds is 1. The molecule has 0 aliphatic carbocycles. The highest BCUT2D eigenvalue weighted by molar-refractivity contribution is 6.30. The van der Waals surface area contributed by atoms with E-state index in [0.29, 0.717) is 10.4 Å². The second kappa shape index (κ2) is 2.85. The van der Waals surface area contributed by atoms with Crippen molar-refractivity contribution in [3.63, 3.8) is 0 Å². The van der Waals surface area contributed by atoms with E-state index in [2.05, 4.69) is 4.99 Å². The summed E-state index contributed by atoms with van der Waals surface area (Å²) in [5, 5.41) is 10.8. The van der Waals surface area contributed by atoms with E-state index in [4.69, 9.17) is 16.7 Å². The largest absolute Gasteiger partial charge is 0.479 e. The molecule has 1 aliphatic rings. The maximum atomic E-state index is 10.6. The van der Waals surface area contributed by atoms with Gasteiger partial charge >= 0.3 is 5.97 Å². The highest BCUT2D eigenvalue weighted by atomic mass is 35.5. The topological polar surface area (TPSA) is 49.7 Å². The van der Waals surface area contributed by atoms with Gasteiger partial charge in [-0.1, -0.05) is 11.6 Å². The number of nitrogens with zero attached hydrogens (tertiary/aromatic N) is 1. The summed E-state index contributed by atoms with van der Waals surface area (Å²) >= 11 is 5.74. The lowest BCUT2D eigenvalue weighted by atomic mass is 10.2. The zero-order valence-corrected chi connectivity index (χ0v) is 7.32. The Bertz CT molecular complexity index is 481. The molecule has 1 atom stereocenters. The molecule has 1 aliphatic heterocycles. The molecule has 0 saturated carbocycles. The molecule has 0 saturated heterocycles. The Morgan fingerprint density at radius 1 is 1.54 bits per heavy atom. The molecular formula is C9H6ClNO2. The molecule has 0 bridgehead atoms. The second-order valence-electron chi connectivity index (χ2n) is 2.78. The molecule has 4 heteroatoms. The van der Waals surface area contributed by atoms with Gasteiger partial charge in [0.05, 0.1) is 5.36 Å². The fraction of sp³-hybridized carbons (Fsp3) is 0.111. The summed E-state index contributed by atoms with van der Waals surface area (Å²) in [5.74, 6) is -0.938. The van der Waals surface area contributed by atoms with Gasteiger partial charge in [-0.05, 0) is 29.5 Å². The van der Waals surface area contributed by atoms with Gasteiger partial charge in [0.25, 0.3) is 0 Å². The number of halogens is 1. The van der Waals surface area contributed by atoms with Gasteiger partial charge in [0, 0.05) is 5.02 Å². The number of aliphatic carboxylic acids is 1. The van der Waals surface area contributed by atoms with Gasteiger partial charge in [0.15, 0.2) is 6.04 Å². The fourth-order valence-electron chi connectivity index (χ4n) is 1.26. The van der Waals surface area contributed by atoms with Crippen LogP contribution in [0.15, 0.2) is 23.2 Å². The van der Waals surface area contributed by atoms with E-state index in [1.54, 1.807) is 24.3 Å². The second-order valence-corrected chi connectivity index (χ2v) is 3.22. The van der Waals surface area contributed by atoms with E-state index < -0.39 is 12.0 Å². The van der Waals surface area contributed by atoms with Gasteiger partial charge in [-0.15, -0.1) is 0 Å². The first-order valence-corrected chi connectivity index (χ1v) is 4.13. The van der Waals surface area contributed by atoms with Gasteiger partial charge in [0.2, 0.25) is 0 Å². The highest BCUT2D eigenvalue weighted by Crippen LogP contribution is 2.03. The third kappa shape index (κ3) is 1.42. The average molecular weight is 196 g/mol. The molecule has 1 N–H and O–H groups in total. The number of carboxylic acid groups (broad SMARTS) is 1. The first-order valence-electron chi connectivity index (χ1n) is 3.75. The van der Waals surface area contributed by atoms with Crippen LogP contribution < -0.4 is 10.6 Å². The van der Waals surface area contributed by atoms with Gasteiger partial charge in [0.1, 0.15) is 0 Å². The summed E-state index contributed by atoms with van der Waals surface area (Å²) < 4.78 is 0. The zero-order chi connectivity index (χ0) is 9.42. The Balaban J connectivity index is 2.61. The zero-order valence-electron chi connectivity index (χ0n) is 6.57. The number of carboxylic acids is 1. The summed E-state index contributed by atoms with van der Waals surface area (Å²) in [6.07, 6.45) is 1.59. The van der Waals surface area contributed by atoms with Crippen molar-refractivity contribution in [2.45, 2.75) is 6.04 Å². The van der Waals surface area contributed by atoms with Crippen molar-refractivity contribution in [3.8, 4) is 0 Å². The molecule has 1 heterocycles. The third-order valence-corrected chi connectivity index (χ3v) is 2.09. The summed E-state index contributed by atoms with van der Waals surface area (Å²) in [7, 11) is 0. The Morgan fingerprint density at radius 2 is 2.31 bits per heavy atom. The average Bonchev–Trinajstić information content (AvgIpc) is 2.46. The predicted octanol–water partition coefficient (Wildman–Crippen LogP) is 0.207. The van der Waals surface area contributed by atoms with Crippen LogP contribution in [0.25, 0.3) is 6.08 Å². The van der Waals surface area contributed by atoms with Gasteiger partial charge in [-0.3, -0.25) is 4.99 Å². The van der Waals surface area contributed by atoms with E-state index in [9.17, 15) is 4.79 Å². The molecular weight excluding hydrogens is 190 g/mol. The van der Waals surface area contributed by atoms with Crippen LogP contribution in [-0.2, 0) is 4.79 Å². The monoisotopic (exact) mass is 195 g/mol. The highest BCUT2D eigenvalue weighted by Gasteiger charge is 2.15. The molecule has 1 aromatic rings. The summed E-state index contributed by atoms with van der Waals surface area (Å²) in [4.78, 5) is 14.6. The summed E-state index contributed by atoms with van der Waals surface area (Å²) in [6, 6.07) is 4.37. The lowest BCUT2D eigenvalue weighted by Crippen LogP contribution is -2.20. The Kier molecular flexibility index (Phi) is 1.81. The first kappa shape index (κ1) is 8.26. The number of hydrogen-bond acceptors (Lipinski definition) is 2. The van der Waals surface area contributed by atoms with Crippen LogP contribution in [0.2, 0.25) is 5.02 Å². The number of fused-ring (bicyclic) bond motifs is 1. The smallest absolute Gasteiger partial charge is 0.332 e. The summed E-state index contributed by atoms with van der Waals surface area (Å²) in [5.41, 5.74) is 0. The minimum absolute atomic E-state index is 0.594. The van der Waals surface area contributed by atoms with Crippen LogP contribution in [0.3, 0.4) is 0 Å². The molecule has 13 heavy (non-hydrogen) atoms. The lowest BCUT2D eigenvalue weighted by Gasteiger charge is -1.92. The maximum absolute atomic E-state index is 10.6. The van der Waals surface area contributed by atoms with Crippen molar-refractivity contribution in [2.24, 2.45) is 4.99 Å². The number of benzene rings is 1. The Morgan fingerprint density at radius 3 is 3.00 bits per heavy atom. The molecule has 0 aromatic heterocycles. The van der Waals surface area contributed by atoms with E-state index in [1.165, 1.54) is 0 Å². The molecule has 1 aromatic carbocycles. The van der Waals surface area contributed by atoms with Crippen LogP contribution in [0, 0.1) is 0 Å². The van der Waals surface area contributed by atoms with Crippen molar-refractivity contribution >= 4 is 23.6 Å². The molecule has 66 valence electrons. The van der Waals surface area contributed by atoms with Crippen molar-refractivity contribution in [1.29, 1.82) is 0 Å². The molecule has 0 amide bonds. The van der Waals surface area contributed by atoms with Crippen molar-refractivity contribution in [3.05, 3.63) is 33.8 Å². The van der Waals surface area contributed by atoms with Gasteiger partial charge < -0.3 is 5.11 Å². The van der Waals surface area contributed by atoms with Crippen LogP contribution in [0.5, 0.6) is 0 Å². The van der Waals surface area contributed by atoms with E-state index in [0.717, 1.165) is 5.22 Å². The SMILES string of the molecule is O=C(O)[C@@H]1C=c2cc(Cl)ccc2=N1. The molecule has 0 radical (unpaired) electrons. The molecule has 3 nitrogen and oxygen atoms in total. The maximum Gasteiger partial charge on any atom is 0.332 e. The molecule has 0 fully saturated rings. The molecule has 0 spiro atoms. The van der Waals surface area contributed by atoms with E-state index in [-0.39, 0.29) is 0 Å². The Labute approximate surface area is 79.0 Å². The van der Waals surface area contributed by atoms with E-state index >= 15 is 0 Å². The standard InChI is InChI=1S/C9H6ClNO2/c10-6-1-2-7-5(3-6)4-8(11-7)9(12)13/h1-4,8H,(H,12,13)/t8-/m0/s1. The van der Waals surface area contributed by atoms with Crippen molar-refractivity contribution in [2.75, 3.05) is 0 Å². The minimum Gasteiger partial charge on any atom is -0.479 e.